The lowest BCUT2D eigenvalue weighted by atomic mass is 10.3. The molecular formula is C9H12O3S. The van der Waals surface area contributed by atoms with Crippen LogP contribution in [0, 0.1) is 0 Å². The molecule has 0 saturated heterocycles. The van der Waals surface area contributed by atoms with Crippen LogP contribution < -0.4 is 0 Å². The van der Waals surface area contributed by atoms with Gasteiger partial charge in [-0.05, 0) is 24.3 Å². The molecule has 0 aliphatic rings. The molecule has 0 aliphatic heterocycles. The molecule has 0 saturated carbocycles. The van der Waals surface area contributed by atoms with E-state index in [0.29, 0.717) is 6.61 Å². The second-order valence-corrected chi connectivity index (χ2v) is 3.55. The first-order valence-electron chi connectivity index (χ1n) is 3.93. The number of rotatable bonds is 5. The Bertz CT molecular complexity index is 235. The Morgan fingerprint density at radius 1 is 1.23 bits per heavy atom. The van der Waals surface area contributed by atoms with Gasteiger partial charge >= 0.3 is 0 Å². The van der Waals surface area contributed by atoms with Gasteiger partial charge in [0.05, 0.1) is 6.61 Å². The van der Waals surface area contributed by atoms with Crippen molar-refractivity contribution in [2.45, 2.75) is 4.90 Å². The summed E-state index contributed by atoms with van der Waals surface area (Å²) in [5.41, 5.74) is 0. The lowest BCUT2D eigenvalue weighted by Crippen LogP contribution is -1.97. The molecule has 72 valence electrons. The van der Waals surface area contributed by atoms with Crippen LogP contribution in [0.2, 0.25) is 0 Å². The maximum atomic E-state index is 9.00. The summed E-state index contributed by atoms with van der Waals surface area (Å²) in [5.74, 6) is 1.07. The molecule has 0 atom stereocenters. The van der Waals surface area contributed by atoms with Crippen LogP contribution in [0.5, 0.6) is 5.75 Å². The smallest absolute Gasteiger partial charge is 0.143 e. The Kier molecular flexibility index (Phi) is 4.67. The van der Waals surface area contributed by atoms with Crippen molar-refractivity contribution >= 4 is 11.8 Å². The molecule has 0 unspecified atom stereocenters. The van der Waals surface area contributed by atoms with Gasteiger partial charge in [0.1, 0.15) is 12.5 Å². The molecule has 0 spiro atoms. The summed E-state index contributed by atoms with van der Waals surface area (Å²) >= 11 is 1.62. The number of hydrogen-bond acceptors (Lipinski definition) is 4. The van der Waals surface area contributed by atoms with E-state index in [0.717, 1.165) is 10.6 Å². The van der Waals surface area contributed by atoms with Gasteiger partial charge in [0.25, 0.3) is 0 Å². The van der Waals surface area contributed by atoms with Crippen molar-refractivity contribution in [2.75, 3.05) is 19.2 Å². The number of hydrogen-bond donors (Lipinski definition) is 2. The Morgan fingerprint density at radius 2 is 1.92 bits per heavy atom. The summed E-state index contributed by atoms with van der Waals surface area (Å²) in [7, 11) is 0. The molecule has 13 heavy (non-hydrogen) atoms. The zero-order chi connectivity index (χ0) is 9.52. The first kappa shape index (κ1) is 10.4. The first-order chi connectivity index (χ1) is 6.33. The third kappa shape index (κ3) is 4.17. The summed E-state index contributed by atoms with van der Waals surface area (Å²) in [6.07, 6.45) is 0. The quantitative estimate of drug-likeness (QED) is 0.429. The fraction of sp³-hybridized carbons (Fsp3) is 0.333. The molecule has 0 radical (unpaired) electrons. The number of phenols is 1. The van der Waals surface area contributed by atoms with Gasteiger partial charge in [-0.15, -0.1) is 11.8 Å². The summed E-state index contributed by atoms with van der Waals surface area (Å²) in [6, 6.07) is 6.99. The average molecular weight is 200 g/mol. The standard InChI is InChI=1S/C9H12O3S/c10-7-12-5-6-13-9-3-1-8(11)2-4-9/h1-4,10-11H,5-7H2. The predicted molar refractivity (Wildman–Crippen MR) is 51.9 cm³/mol. The highest BCUT2D eigenvalue weighted by molar-refractivity contribution is 7.99. The number of benzene rings is 1. The second kappa shape index (κ2) is 5.85. The Morgan fingerprint density at radius 3 is 2.54 bits per heavy atom. The van der Waals surface area contributed by atoms with E-state index in [4.69, 9.17) is 14.9 Å². The molecule has 3 nitrogen and oxygen atoms in total. The molecule has 0 amide bonds. The molecule has 0 heterocycles. The average Bonchev–Trinajstić information content (AvgIpc) is 2.15. The highest BCUT2D eigenvalue weighted by Gasteiger charge is 1.93. The van der Waals surface area contributed by atoms with Crippen LogP contribution in [0.25, 0.3) is 0 Å². The van der Waals surface area contributed by atoms with Crippen LogP contribution in [0.3, 0.4) is 0 Å². The van der Waals surface area contributed by atoms with Crippen molar-refractivity contribution in [3.05, 3.63) is 24.3 Å². The van der Waals surface area contributed by atoms with E-state index in [-0.39, 0.29) is 12.5 Å². The van der Waals surface area contributed by atoms with Crippen molar-refractivity contribution in [3.8, 4) is 5.75 Å². The van der Waals surface area contributed by atoms with Crippen LogP contribution in [0.4, 0.5) is 0 Å². The van der Waals surface area contributed by atoms with E-state index in [1.54, 1.807) is 23.9 Å². The maximum absolute atomic E-state index is 9.00. The van der Waals surface area contributed by atoms with Gasteiger partial charge in [0.2, 0.25) is 0 Å². The van der Waals surface area contributed by atoms with E-state index >= 15 is 0 Å². The molecule has 1 aromatic rings. The van der Waals surface area contributed by atoms with Crippen molar-refractivity contribution in [3.63, 3.8) is 0 Å². The third-order valence-electron chi connectivity index (χ3n) is 1.42. The second-order valence-electron chi connectivity index (χ2n) is 2.38. The first-order valence-corrected chi connectivity index (χ1v) is 4.92. The number of thioether (sulfide) groups is 1. The predicted octanol–water partition coefficient (Wildman–Crippen LogP) is 1.45. The normalized spacial score (nSPS) is 10.2. The lowest BCUT2D eigenvalue weighted by molar-refractivity contribution is 0.00672. The fourth-order valence-electron chi connectivity index (χ4n) is 0.825. The van der Waals surface area contributed by atoms with E-state index in [1.807, 2.05) is 12.1 Å². The van der Waals surface area contributed by atoms with Crippen LogP contribution in [0.15, 0.2) is 29.2 Å². The lowest BCUT2D eigenvalue weighted by Gasteiger charge is -2.01. The molecule has 0 fully saturated rings. The van der Waals surface area contributed by atoms with Gasteiger partial charge in [-0.2, -0.15) is 0 Å². The molecule has 4 heteroatoms. The maximum Gasteiger partial charge on any atom is 0.143 e. The topological polar surface area (TPSA) is 49.7 Å². The third-order valence-corrected chi connectivity index (χ3v) is 2.40. The van der Waals surface area contributed by atoms with Gasteiger partial charge in [-0.25, -0.2) is 0 Å². The zero-order valence-corrected chi connectivity index (χ0v) is 7.96. The summed E-state index contributed by atoms with van der Waals surface area (Å²) in [5, 5.41) is 17.3. The van der Waals surface area contributed by atoms with Crippen molar-refractivity contribution < 1.29 is 14.9 Å². The molecule has 2 N–H and O–H groups in total. The molecule has 1 aromatic carbocycles. The molecule has 0 aromatic heterocycles. The van der Waals surface area contributed by atoms with Gasteiger partial charge in [0.15, 0.2) is 0 Å². The summed E-state index contributed by atoms with van der Waals surface area (Å²) < 4.78 is 4.76. The Hall–Kier alpha value is -0.710. The number of ether oxygens (including phenoxy) is 1. The van der Waals surface area contributed by atoms with E-state index in [9.17, 15) is 0 Å². The van der Waals surface area contributed by atoms with Crippen LogP contribution >= 0.6 is 11.8 Å². The van der Waals surface area contributed by atoms with Crippen LogP contribution in [0.1, 0.15) is 0 Å². The largest absolute Gasteiger partial charge is 0.508 e. The van der Waals surface area contributed by atoms with Crippen molar-refractivity contribution in [1.82, 2.24) is 0 Å². The number of aromatic hydroxyl groups is 1. The minimum Gasteiger partial charge on any atom is -0.508 e. The Labute approximate surface area is 81.4 Å². The number of aliphatic hydroxyl groups is 1. The summed E-state index contributed by atoms with van der Waals surface area (Å²) in [6.45, 7) is 0.304. The van der Waals surface area contributed by atoms with E-state index in [2.05, 4.69) is 0 Å². The van der Waals surface area contributed by atoms with Gasteiger partial charge in [-0.1, -0.05) is 0 Å². The minimum atomic E-state index is -0.226. The van der Waals surface area contributed by atoms with Crippen LogP contribution in [-0.4, -0.2) is 29.4 Å². The minimum absolute atomic E-state index is 0.226. The Balaban J connectivity index is 2.25. The van der Waals surface area contributed by atoms with Gasteiger partial charge in [-0.3, -0.25) is 0 Å². The SMILES string of the molecule is OCOCCSc1ccc(O)cc1. The van der Waals surface area contributed by atoms with Crippen molar-refractivity contribution in [1.29, 1.82) is 0 Å². The van der Waals surface area contributed by atoms with E-state index < -0.39 is 0 Å². The highest BCUT2D eigenvalue weighted by atomic mass is 32.2. The molecular weight excluding hydrogens is 188 g/mol. The molecule has 0 aliphatic carbocycles. The highest BCUT2D eigenvalue weighted by Crippen LogP contribution is 2.20. The van der Waals surface area contributed by atoms with Crippen molar-refractivity contribution in [2.24, 2.45) is 0 Å². The fourth-order valence-corrected chi connectivity index (χ4v) is 1.59. The zero-order valence-electron chi connectivity index (χ0n) is 7.14. The molecule has 0 bridgehead atoms. The number of phenolic OH excluding ortho intramolecular Hbond substituents is 1. The monoisotopic (exact) mass is 200 g/mol. The van der Waals surface area contributed by atoms with Gasteiger partial charge < -0.3 is 14.9 Å². The van der Waals surface area contributed by atoms with E-state index in [1.165, 1.54) is 0 Å². The van der Waals surface area contributed by atoms with Gasteiger partial charge in [0, 0.05) is 10.6 Å². The van der Waals surface area contributed by atoms with Crippen LogP contribution in [-0.2, 0) is 4.74 Å². The summed E-state index contributed by atoms with van der Waals surface area (Å²) in [4.78, 5) is 1.08. The molecule has 1 rings (SSSR count). The number of aliphatic hydroxyl groups excluding tert-OH is 1.